The Balaban J connectivity index is 1.99. The second-order valence-corrected chi connectivity index (χ2v) is 6.63. The Morgan fingerprint density at radius 2 is 1.80 bits per heavy atom. The molecule has 0 fully saturated rings. The van der Waals surface area contributed by atoms with Crippen molar-refractivity contribution in [2.45, 2.75) is 57.9 Å². The van der Waals surface area contributed by atoms with Crippen LogP contribution in [0.2, 0.25) is 0 Å². The van der Waals surface area contributed by atoms with Crippen LogP contribution in [0.25, 0.3) is 10.9 Å². The molecule has 0 radical (unpaired) electrons. The summed E-state index contributed by atoms with van der Waals surface area (Å²) in [6.07, 6.45) is 6.72. The number of aromatic nitrogens is 1. The molecule has 0 atom stereocenters. The number of unbranched alkanes of at least 4 members (excludes halogenated alkanes) is 4. The topological polar surface area (TPSA) is 12.9 Å². The Morgan fingerprint density at radius 3 is 2.60 bits per heavy atom. The van der Waals surface area contributed by atoms with Gasteiger partial charge in [-0.25, -0.2) is 4.98 Å². The normalized spacial score (nSPS) is 11.2. The fraction of sp³-hybridized carbons (Fsp3) is 0.500. The summed E-state index contributed by atoms with van der Waals surface area (Å²) < 4.78 is 0. The van der Waals surface area contributed by atoms with Crippen LogP contribution in [-0.4, -0.2) is 10.7 Å². The van der Waals surface area contributed by atoms with Gasteiger partial charge in [-0.15, -0.1) is 11.8 Å². The molecule has 0 saturated carbocycles. The number of benzene rings is 1. The highest BCUT2D eigenvalue weighted by Crippen LogP contribution is 2.26. The molecule has 108 valence electrons. The number of thioether (sulfide) groups is 1. The van der Waals surface area contributed by atoms with E-state index in [0.29, 0.717) is 0 Å². The molecule has 0 unspecified atom stereocenters. The molecule has 0 aliphatic heterocycles. The minimum Gasteiger partial charge on any atom is -0.241 e. The van der Waals surface area contributed by atoms with Crippen molar-refractivity contribution in [3.05, 3.63) is 35.4 Å². The Kier molecular flexibility index (Phi) is 5.90. The van der Waals surface area contributed by atoms with Gasteiger partial charge in [0.05, 0.1) is 10.5 Å². The Labute approximate surface area is 127 Å². The molecule has 1 heterocycles. The molecule has 0 aliphatic rings. The highest BCUT2D eigenvalue weighted by Gasteiger charge is 2.05. The minimum atomic E-state index is 1.17. The largest absolute Gasteiger partial charge is 0.241 e. The monoisotopic (exact) mass is 287 g/mol. The molecule has 0 spiro atoms. The molecular formula is C18H25NS. The van der Waals surface area contributed by atoms with Gasteiger partial charge in [0.25, 0.3) is 0 Å². The van der Waals surface area contributed by atoms with Crippen LogP contribution >= 0.6 is 11.8 Å². The summed E-state index contributed by atoms with van der Waals surface area (Å²) in [5.74, 6) is 1.19. The zero-order valence-corrected chi connectivity index (χ0v) is 13.7. The highest BCUT2D eigenvalue weighted by atomic mass is 32.2. The molecule has 0 bridgehead atoms. The lowest BCUT2D eigenvalue weighted by atomic mass is 10.1. The van der Waals surface area contributed by atoms with Gasteiger partial charge in [-0.3, -0.25) is 0 Å². The van der Waals surface area contributed by atoms with Gasteiger partial charge in [-0.1, -0.05) is 50.8 Å². The van der Waals surface area contributed by atoms with Crippen LogP contribution in [-0.2, 0) is 0 Å². The zero-order valence-electron chi connectivity index (χ0n) is 12.9. The first kappa shape index (κ1) is 15.4. The Bertz CT molecular complexity index is 563. The van der Waals surface area contributed by atoms with Gasteiger partial charge in [0.15, 0.2) is 0 Å². The average Bonchev–Trinajstić information content (AvgIpc) is 2.44. The third kappa shape index (κ3) is 3.99. The van der Waals surface area contributed by atoms with Crippen LogP contribution in [0, 0.1) is 13.8 Å². The van der Waals surface area contributed by atoms with E-state index in [9.17, 15) is 0 Å². The first-order valence-electron chi connectivity index (χ1n) is 7.72. The number of hydrogen-bond acceptors (Lipinski definition) is 2. The fourth-order valence-corrected chi connectivity index (χ4v) is 3.46. The number of para-hydroxylation sites is 1. The maximum atomic E-state index is 4.83. The molecule has 0 amide bonds. The maximum Gasteiger partial charge on any atom is 0.0970 e. The van der Waals surface area contributed by atoms with Crippen molar-refractivity contribution in [3.63, 3.8) is 0 Å². The van der Waals surface area contributed by atoms with Gasteiger partial charge in [0.2, 0.25) is 0 Å². The van der Waals surface area contributed by atoms with Gasteiger partial charge in [0, 0.05) is 5.39 Å². The molecule has 1 aromatic carbocycles. The van der Waals surface area contributed by atoms with Crippen molar-refractivity contribution in [3.8, 4) is 0 Å². The van der Waals surface area contributed by atoms with Crippen molar-refractivity contribution < 1.29 is 0 Å². The summed E-state index contributed by atoms with van der Waals surface area (Å²) >= 11 is 1.91. The molecule has 2 aromatic rings. The predicted octanol–water partition coefficient (Wildman–Crippen LogP) is 5.91. The van der Waals surface area contributed by atoms with Gasteiger partial charge in [-0.2, -0.15) is 0 Å². The van der Waals surface area contributed by atoms with E-state index < -0.39 is 0 Å². The Morgan fingerprint density at radius 1 is 1.00 bits per heavy atom. The fourth-order valence-electron chi connectivity index (χ4n) is 2.49. The van der Waals surface area contributed by atoms with E-state index in [0.717, 1.165) is 0 Å². The molecule has 0 N–H and O–H groups in total. The van der Waals surface area contributed by atoms with Crippen LogP contribution in [0.1, 0.15) is 50.2 Å². The SMILES string of the molecule is CCCCCCCSc1cc(C)c2cccc(C)c2n1. The quantitative estimate of drug-likeness (QED) is 0.463. The summed E-state index contributed by atoms with van der Waals surface area (Å²) in [5.41, 5.74) is 3.78. The third-order valence-corrected chi connectivity index (χ3v) is 4.72. The summed E-state index contributed by atoms with van der Waals surface area (Å²) in [7, 11) is 0. The smallest absolute Gasteiger partial charge is 0.0970 e. The average molecular weight is 287 g/mol. The summed E-state index contributed by atoms with van der Waals surface area (Å²) in [5, 5.41) is 2.47. The number of hydrogen-bond donors (Lipinski definition) is 0. The van der Waals surface area contributed by atoms with Crippen LogP contribution in [0.5, 0.6) is 0 Å². The molecule has 1 aromatic heterocycles. The van der Waals surface area contributed by atoms with E-state index in [1.165, 1.54) is 64.9 Å². The van der Waals surface area contributed by atoms with E-state index in [4.69, 9.17) is 4.98 Å². The van der Waals surface area contributed by atoms with Crippen LogP contribution in [0.3, 0.4) is 0 Å². The molecule has 2 rings (SSSR count). The predicted molar refractivity (Wildman–Crippen MR) is 90.7 cm³/mol. The van der Waals surface area contributed by atoms with Gasteiger partial charge >= 0.3 is 0 Å². The van der Waals surface area contributed by atoms with Crippen LogP contribution in [0.15, 0.2) is 29.3 Å². The summed E-state index contributed by atoms with van der Waals surface area (Å²) in [6, 6.07) is 8.67. The number of fused-ring (bicyclic) bond motifs is 1. The second kappa shape index (κ2) is 7.68. The van der Waals surface area contributed by atoms with Crippen LogP contribution < -0.4 is 0 Å². The van der Waals surface area contributed by atoms with Gasteiger partial charge < -0.3 is 0 Å². The minimum absolute atomic E-state index is 1.17. The van der Waals surface area contributed by atoms with Crippen molar-refractivity contribution in [2.75, 3.05) is 5.75 Å². The number of pyridine rings is 1. The van der Waals surface area contributed by atoms with E-state index in [1.807, 2.05) is 11.8 Å². The van der Waals surface area contributed by atoms with Gasteiger partial charge in [-0.05, 0) is 43.2 Å². The first-order chi connectivity index (χ1) is 9.72. The number of rotatable bonds is 7. The standard InChI is InChI=1S/C18H25NS/c1-4-5-6-7-8-12-20-17-13-15(3)16-11-9-10-14(2)18(16)19-17/h9-11,13H,4-8,12H2,1-3H3. The first-order valence-corrected chi connectivity index (χ1v) is 8.70. The van der Waals surface area contributed by atoms with Crippen molar-refractivity contribution in [1.29, 1.82) is 0 Å². The third-order valence-electron chi connectivity index (χ3n) is 3.72. The van der Waals surface area contributed by atoms with Gasteiger partial charge in [0.1, 0.15) is 0 Å². The summed E-state index contributed by atoms with van der Waals surface area (Å²) in [4.78, 5) is 4.83. The van der Waals surface area contributed by atoms with Crippen LogP contribution in [0.4, 0.5) is 0 Å². The molecule has 2 heteroatoms. The van der Waals surface area contributed by atoms with Crippen molar-refractivity contribution in [1.82, 2.24) is 4.98 Å². The molecule has 0 saturated heterocycles. The van der Waals surface area contributed by atoms with Crippen molar-refractivity contribution >= 4 is 22.7 Å². The molecule has 1 nitrogen and oxygen atoms in total. The van der Waals surface area contributed by atoms with Crippen molar-refractivity contribution in [2.24, 2.45) is 0 Å². The van der Waals surface area contributed by atoms with E-state index in [1.54, 1.807) is 0 Å². The highest BCUT2D eigenvalue weighted by molar-refractivity contribution is 7.99. The summed E-state index contributed by atoms with van der Waals surface area (Å²) in [6.45, 7) is 6.60. The molecular weight excluding hydrogens is 262 g/mol. The lowest BCUT2D eigenvalue weighted by Crippen LogP contribution is -1.90. The van der Waals surface area contributed by atoms with E-state index >= 15 is 0 Å². The molecule has 0 aliphatic carbocycles. The number of aryl methyl sites for hydroxylation is 2. The molecule has 20 heavy (non-hydrogen) atoms. The second-order valence-electron chi connectivity index (χ2n) is 5.51. The maximum absolute atomic E-state index is 4.83. The Hall–Kier alpha value is -1.02. The lowest BCUT2D eigenvalue weighted by Gasteiger charge is -2.08. The lowest BCUT2D eigenvalue weighted by molar-refractivity contribution is 0.659. The zero-order chi connectivity index (χ0) is 14.4. The van der Waals surface area contributed by atoms with E-state index in [-0.39, 0.29) is 0 Å². The van der Waals surface area contributed by atoms with E-state index in [2.05, 4.69) is 45.0 Å². The number of nitrogens with zero attached hydrogens (tertiary/aromatic N) is 1.